The molecule has 60 valence electrons. The van der Waals surface area contributed by atoms with Crippen LogP contribution in [0.5, 0.6) is 0 Å². The first kappa shape index (κ1) is 8.00. The highest BCUT2D eigenvalue weighted by atomic mass is 32.1. The zero-order chi connectivity index (χ0) is 8.27. The summed E-state index contributed by atoms with van der Waals surface area (Å²) >= 11 is 1.32. The van der Waals surface area contributed by atoms with Crippen LogP contribution in [0.3, 0.4) is 0 Å². The van der Waals surface area contributed by atoms with Crippen molar-refractivity contribution in [1.29, 1.82) is 0 Å². The van der Waals surface area contributed by atoms with Crippen molar-refractivity contribution in [3.8, 4) is 0 Å². The first-order chi connectivity index (χ1) is 5.24. The second kappa shape index (κ2) is 3.34. The average Bonchev–Trinajstić information content (AvgIpc) is 2.36. The second-order valence-corrected chi connectivity index (χ2v) is 3.07. The number of carbonyl (C=O) groups excluding carboxylic acids is 1. The molecule has 0 aliphatic rings. The molecule has 0 aliphatic carbocycles. The Morgan fingerprint density at radius 1 is 1.91 bits per heavy atom. The minimum absolute atomic E-state index is 0.296. The number of aromatic nitrogens is 1. The van der Waals surface area contributed by atoms with E-state index in [9.17, 15) is 4.79 Å². The first-order valence-electron chi connectivity index (χ1n) is 3.04. The Morgan fingerprint density at radius 3 is 3.09 bits per heavy atom. The third-order valence-electron chi connectivity index (χ3n) is 1.15. The molecule has 1 unspecified atom stereocenters. The van der Waals surface area contributed by atoms with E-state index in [2.05, 4.69) is 9.72 Å². The van der Waals surface area contributed by atoms with E-state index in [1.165, 1.54) is 11.3 Å². The molecular weight excluding hydrogens is 164 g/mol. The molecule has 0 bridgehead atoms. The van der Waals surface area contributed by atoms with Crippen molar-refractivity contribution in [3.63, 3.8) is 0 Å². The minimum Gasteiger partial charge on any atom is -0.457 e. The molecule has 1 aromatic heterocycles. The van der Waals surface area contributed by atoms with Gasteiger partial charge < -0.3 is 10.5 Å². The quantitative estimate of drug-likeness (QED) is 0.689. The van der Waals surface area contributed by atoms with Gasteiger partial charge in [-0.2, -0.15) is 0 Å². The van der Waals surface area contributed by atoms with Crippen molar-refractivity contribution in [1.82, 2.24) is 4.98 Å². The van der Waals surface area contributed by atoms with Crippen molar-refractivity contribution in [2.24, 2.45) is 0 Å². The third-order valence-corrected chi connectivity index (χ3v) is 2.14. The van der Waals surface area contributed by atoms with E-state index in [-0.39, 0.29) is 6.10 Å². The highest BCUT2D eigenvalue weighted by Crippen LogP contribution is 2.22. The normalized spacial score (nSPS) is 12.5. The summed E-state index contributed by atoms with van der Waals surface area (Å²) in [5.74, 6) is 0. The Bertz CT molecular complexity index is 248. The van der Waals surface area contributed by atoms with E-state index in [4.69, 9.17) is 5.73 Å². The lowest BCUT2D eigenvalue weighted by Gasteiger charge is -2.03. The zero-order valence-electron chi connectivity index (χ0n) is 5.98. The van der Waals surface area contributed by atoms with Gasteiger partial charge in [0.2, 0.25) is 0 Å². The predicted molar refractivity (Wildman–Crippen MR) is 42.1 cm³/mol. The molecule has 1 rings (SSSR count). The fourth-order valence-electron chi connectivity index (χ4n) is 0.630. The molecular formula is C6H8N2O2S. The van der Waals surface area contributed by atoms with Crippen LogP contribution in [0.2, 0.25) is 0 Å². The molecule has 0 radical (unpaired) electrons. The van der Waals surface area contributed by atoms with Crippen LogP contribution in [0.15, 0.2) is 6.20 Å². The van der Waals surface area contributed by atoms with Gasteiger partial charge in [0.15, 0.2) is 6.10 Å². The van der Waals surface area contributed by atoms with Gasteiger partial charge in [-0.25, -0.2) is 4.98 Å². The molecule has 0 saturated carbocycles. The Kier molecular flexibility index (Phi) is 2.43. The second-order valence-electron chi connectivity index (χ2n) is 1.98. The van der Waals surface area contributed by atoms with Gasteiger partial charge in [-0.1, -0.05) is 11.3 Å². The molecule has 11 heavy (non-hydrogen) atoms. The Balaban J connectivity index is 2.67. The molecule has 0 aliphatic heterocycles. The monoisotopic (exact) mass is 172 g/mol. The van der Waals surface area contributed by atoms with Crippen LogP contribution in [0.1, 0.15) is 18.0 Å². The predicted octanol–water partition coefficient (Wildman–Crippen LogP) is 0.959. The summed E-state index contributed by atoms with van der Waals surface area (Å²) in [6.07, 6.45) is 1.25. The van der Waals surface area contributed by atoms with Crippen molar-refractivity contribution in [3.05, 3.63) is 11.2 Å². The van der Waals surface area contributed by atoms with Gasteiger partial charge in [-0.3, -0.25) is 4.79 Å². The van der Waals surface area contributed by atoms with Gasteiger partial charge in [0.05, 0.1) is 6.20 Å². The van der Waals surface area contributed by atoms with Crippen molar-refractivity contribution in [2.75, 3.05) is 5.73 Å². The summed E-state index contributed by atoms with van der Waals surface area (Å²) in [5, 5.41) is 1.34. The summed E-state index contributed by atoms with van der Waals surface area (Å²) in [4.78, 5) is 13.9. The molecule has 5 heteroatoms. The van der Waals surface area contributed by atoms with E-state index < -0.39 is 0 Å². The fraction of sp³-hybridized carbons (Fsp3) is 0.333. The minimum atomic E-state index is -0.296. The number of rotatable bonds is 3. The summed E-state index contributed by atoms with van der Waals surface area (Å²) < 4.78 is 4.65. The number of nitrogens with two attached hydrogens (primary N) is 1. The molecule has 4 nitrogen and oxygen atoms in total. The molecule has 1 atom stereocenters. The van der Waals surface area contributed by atoms with Gasteiger partial charge in [-0.15, -0.1) is 0 Å². The number of ether oxygens (including phenoxy) is 1. The lowest BCUT2D eigenvalue weighted by atomic mass is 10.4. The summed E-state index contributed by atoms with van der Waals surface area (Å²) in [6, 6.07) is 0. The largest absolute Gasteiger partial charge is 0.457 e. The topological polar surface area (TPSA) is 65.2 Å². The van der Waals surface area contributed by atoms with Crippen LogP contribution in [-0.2, 0) is 9.53 Å². The van der Waals surface area contributed by atoms with Crippen LogP contribution in [0.25, 0.3) is 0 Å². The molecule has 0 saturated heterocycles. The van der Waals surface area contributed by atoms with Crippen LogP contribution in [0.4, 0.5) is 5.00 Å². The molecule has 1 heterocycles. The van der Waals surface area contributed by atoms with Crippen LogP contribution in [-0.4, -0.2) is 11.5 Å². The van der Waals surface area contributed by atoms with Gasteiger partial charge >= 0.3 is 0 Å². The summed E-state index contributed by atoms with van der Waals surface area (Å²) in [5.41, 5.74) is 5.42. The smallest absolute Gasteiger partial charge is 0.293 e. The highest BCUT2D eigenvalue weighted by Gasteiger charge is 2.08. The summed E-state index contributed by atoms with van der Waals surface area (Å²) in [7, 11) is 0. The molecule has 1 aromatic rings. The lowest BCUT2D eigenvalue weighted by Crippen LogP contribution is -1.96. The van der Waals surface area contributed by atoms with Crippen molar-refractivity contribution < 1.29 is 9.53 Å². The number of nitrogen functional groups attached to an aromatic ring is 1. The molecule has 2 N–H and O–H groups in total. The Labute approximate surface area is 68.0 Å². The number of anilines is 1. The van der Waals surface area contributed by atoms with E-state index >= 15 is 0 Å². The maximum Gasteiger partial charge on any atom is 0.293 e. The fourth-order valence-corrected chi connectivity index (χ4v) is 1.30. The maximum atomic E-state index is 9.92. The van der Waals surface area contributed by atoms with Crippen molar-refractivity contribution in [2.45, 2.75) is 13.0 Å². The number of thiazole rings is 1. The maximum absolute atomic E-state index is 9.92. The van der Waals surface area contributed by atoms with Crippen LogP contribution < -0.4 is 5.73 Å². The molecule has 0 aromatic carbocycles. The van der Waals surface area contributed by atoms with E-state index in [0.717, 1.165) is 5.01 Å². The average molecular weight is 172 g/mol. The van der Waals surface area contributed by atoms with Crippen LogP contribution in [0, 0.1) is 0 Å². The third kappa shape index (κ3) is 1.91. The van der Waals surface area contributed by atoms with E-state index in [1.54, 1.807) is 13.1 Å². The Morgan fingerprint density at radius 2 is 2.64 bits per heavy atom. The standard InChI is InChI=1S/C6H8N2O2S/c1-4(10-3-9)6-8-2-5(7)11-6/h2-4H,7H2,1H3. The van der Waals surface area contributed by atoms with Crippen molar-refractivity contribution >= 4 is 22.8 Å². The molecule has 0 spiro atoms. The van der Waals surface area contributed by atoms with E-state index in [1.807, 2.05) is 0 Å². The first-order valence-corrected chi connectivity index (χ1v) is 3.86. The van der Waals surface area contributed by atoms with Gasteiger partial charge in [-0.05, 0) is 6.92 Å². The lowest BCUT2D eigenvalue weighted by molar-refractivity contribution is -0.133. The summed E-state index contributed by atoms with van der Waals surface area (Å²) in [6.45, 7) is 2.15. The zero-order valence-corrected chi connectivity index (χ0v) is 6.80. The highest BCUT2D eigenvalue weighted by molar-refractivity contribution is 7.15. The Hall–Kier alpha value is -1.10. The molecule has 0 fully saturated rings. The van der Waals surface area contributed by atoms with Crippen LogP contribution >= 0.6 is 11.3 Å². The number of nitrogens with zero attached hydrogens (tertiary/aromatic N) is 1. The number of hydrogen-bond acceptors (Lipinski definition) is 5. The van der Waals surface area contributed by atoms with Gasteiger partial charge in [0.1, 0.15) is 10.0 Å². The van der Waals surface area contributed by atoms with Gasteiger partial charge in [0, 0.05) is 0 Å². The SMILES string of the molecule is CC(OC=O)c1ncc(N)s1. The van der Waals surface area contributed by atoms with E-state index in [0.29, 0.717) is 11.5 Å². The number of carbonyl (C=O) groups is 1. The number of hydrogen-bond donors (Lipinski definition) is 1. The van der Waals surface area contributed by atoms with Gasteiger partial charge in [0.25, 0.3) is 6.47 Å². The molecule has 0 amide bonds.